The van der Waals surface area contributed by atoms with Crippen molar-refractivity contribution >= 4 is 38.9 Å². The Labute approximate surface area is 134 Å². The number of aliphatic hydroxyl groups is 1. The van der Waals surface area contributed by atoms with E-state index in [1.807, 2.05) is 0 Å². The van der Waals surface area contributed by atoms with E-state index in [1.54, 1.807) is 37.4 Å². The van der Waals surface area contributed by atoms with Crippen molar-refractivity contribution in [2.24, 2.45) is 0 Å². The molecule has 0 radical (unpaired) electrons. The molecule has 0 saturated heterocycles. The number of nitrogens with one attached hydrogen (secondary N) is 1. The van der Waals surface area contributed by atoms with Crippen LogP contribution >= 0.6 is 27.3 Å². The predicted molar refractivity (Wildman–Crippen MR) is 86.9 cm³/mol. The van der Waals surface area contributed by atoms with Gasteiger partial charge in [-0.3, -0.25) is 4.79 Å². The van der Waals surface area contributed by atoms with Crippen LogP contribution in [0.3, 0.4) is 0 Å². The normalized spacial score (nSPS) is 9.67. The standard InChI is InChI=1S/C15H12BrNO3S/c1-20-13-9-10(4-6-12(13)16)17-15(19)14-7-5-11(21-14)3-2-8-18/h4-7,9,18H,8H2,1H3,(H,17,19). The Bertz CT molecular complexity index is 715. The Balaban J connectivity index is 2.12. The number of ether oxygens (including phenoxy) is 1. The fraction of sp³-hybridized carbons (Fsp3) is 0.133. The second kappa shape index (κ2) is 7.27. The molecule has 1 aromatic carbocycles. The lowest BCUT2D eigenvalue weighted by molar-refractivity contribution is 0.103. The lowest BCUT2D eigenvalue weighted by Crippen LogP contribution is -2.10. The molecule has 2 rings (SSSR count). The maximum atomic E-state index is 12.1. The van der Waals surface area contributed by atoms with Gasteiger partial charge in [0.2, 0.25) is 0 Å². The molecule has 0 aliphatic carbocycles. The lowest BCUT2D eigenvalue weighted by atomic mass is 10.3. The quantitative estimate of drug-likeness (QED) is 0.821. The lowest BCUT2D eigenvalue weighted by Gasteiger charge is -2.07. The van der Waals surface area contributed by atoms with Gasteiger partial charge in [-0.05, 0) is 40.2 Å². The third kappa shape index (κ3) is 4.08. The summed E-state index contributed by atoms with van der Waals surface area (Å²) in [5.74, 6) is 5.76. The van der Waals surface area contributed by atoms with Crippen molar-refractivity contribution in [1.82, 2.24) is 0 Å². The highest BCUT2D eigenvalue weighted by atomic mass is 79.9. The summed E-state index contributed by atoms with van der Waals surface area (Å²) in [7, 11) is 1.57. The van der Waals surface area contributed by atoms with E-state index in [9.17, 15) is 4.79 Å². The first kappa shape index (κ1) is 15.6. The number of benzene rings is 1. The first-order valence-electron chi connectivity index (χ1n) is 5.98. The number of methoxy groups -OCH3 is 1. The number of carbonyl (C=O) groups is 1. The van der Waals surface area contributed by atoms with Gasteiger partial charge in [-0.1, -0.05) is 11.8 Å². The zero-order chi connectivity index (χ0) is 15.2. The Morgan fingerprint density at radius 2 is 2.24 bits per heavy atom. The van der Waals surface area contributed by atoms with E-state index in [1.165, 1.54) is 11.3 Å². The SMILES string of the molecule is COc1cc(NC(=O)c2ccc(C#CCO)s2)ccc1Br. The van der Waals surface area contributed by atoms with Crippen LogP contribution in [0.25, 0.3) is 0 Å². The van der Waals surface area contributed by atoms with Crippen molar-refractivity contribution in [3.05, 3.63) is 44.6 Å². The van der Waals surface area contributed by atoms with Crippen molar-refractivity contribution in [3.63, 3.8) is 0 Å². The summed E-state index contributed by atoms with van der Waals surface area (Å²) in [6, 6.07) is 8.79. The Morgan fingerprint density at radius 1 is 1.43 bits per heavy atom. The summed E-state index contributed by atoms with van der Waals surface area (Å²) < 4.78 is 6.00. The molecule has 0 fully saturated rings. The smallest absolute Gasteiger partial charge is 0.265 e. The predicted octanol–water partition coefficient (Wildman–Crippen LogP) is 3.12. The van der Waals surface area contributed by atoms with Crippen LogP contribution < -0.4 is 10.1 Å². The van der Waals surface area contributed by atoms with Gasteiger partial charge in [-0.15, -0.1) is 11.3 Å². The van der Waals surface area contributed by atoms with Gasteiger partial charge in [0.15, 0.2) is 0 Å². The number of hydrogen-bond donors (Lipinski definition) is 2. The Morgan fingerprint density at radius 3 is 2.95 bits per heavy atom. The number of aliphatic hydroxyl groups excluding tert-OH is 1. The van der Waals surface area contributed by atoms with Crippen LogP contribution in [0.5, 0.6) is 5.75 Å². The summed E-state index contributed by atoms with van der Waals surface area (Å²) in [5, 5.41) is 11.4. The van der Waals surface area contributed by atoms with Crippen LogP contribution in [0.15, 0.2) is 34.8 Å². The van der Waals surface area contributed by atoms with Gasteiger partial charge in [0.25, 0.3) is 5.91 Å². The van der Waals surface area contributed by atoms with E-state index < -0.39 is 0 Å². The van der Waals surface area contributed by atoms with Gasteiger partial charge in [-0.2, -0.15) is 0 Å². The molecule has 1 amide bonds. The highest BCUT2D eigenvalue weighted by Gasteiger charge is 2.10. The van der Waals surface area contributed by atoms with Gasteiger partial charge in [0.1, 0.15) is 12.4 Å². The average Bonchev–Trinajstić information content (AvgIpc) is 2.96. The minimum atomic E-state index is -0.207. The molecule has 0 bridgehead atoms. The third-order valence-corrected chi connectivity index (χ3v) is 4.18. The molecular formula is C15H12BrNO3S. The fourth-order valence-corrected chi connectivity index (χ4v) is 2.77. The molecule has 0 aliphatic heterocycles. The molecule has 0 atom stereocenters. The molecule has 1 aromatic heterocycles. The minimum absolute atomic E-state index is 0.196. The van der Waals surface area contributed by atoms with Gasteiger partial charge in [0, 0.05) is 11.8 Å². The summed E-state index contributed by atoms with van der Waals surface area (Å²) >= 11 is 4.63. The van der Waals surface area contributed by atoms with Crippen LogP contribution in [0, 0.1) is 11.8 Å². The van der Waals surface area contributed by atoms with Gasteiger partial charge in [0.05, 0.1) is 21.3 Å². The molecule has 0 aliphatic rings. The zero-order valence-corrected chi connectivity index (χ0v) is 13.5. The van der Waals surface area contributed by atoms with Crippen molar-refractivity contribution in [2.75, 3.05) is 19.0 Å². The average molecular weight is 366 g/mol. The molecule has 2 N–H and O–H groups in total. The second-order valence-corrected chi connectivity index (χ2v) is 5.87. The van der Waals surface area contributed by atoms with Crippen LogP contribution in [-0.2, 0) is 0 Å². The van der Waals surface area contributed by atoms with E-state index in [0.29, 0.717) is 16.3 Å². The van der Waals surface area contributed by atoms with Crippen LogP contribution in [0.2, 0.25) is 0 Å². The van der Waals surface area contributed by atoms with E-state index >= 15 is 0 Å². The van der Waals surface area contributed by atoms with Crippen LogP contribution in [-0.4, -0.2) is 24.7 Å². The Kier molecular flexibility index (Phi) is 5.39. The minimum Gasteiger partial charge on any atom is -0.495 e. The van der Waals surface area contributed by atoms with E-state index in [4.69, 9.17) is 9.84 Å². The topological polar surface area (TPSA) is 58.6 Å². The number of amides is 1. The fourth-order valence-electron chi connectivity index (χ4n) is 1.58. The summed E-state index contributed by atoms with van der Waals surface area (Å²) in [6.07, 6.45) is 0. The molecule has 0 unspecified atom stereocenters. The highest BCUT2D eigenvalue weighted by molar-refractivity contribution is 9.10. The number of rotatable bonds is 3. The summed E-state index contributed by atoms with van der Waals surface area (Å²) in [6.45, 7) is -0.196. The molecule has 4 nitrogen and oxygen atoms in total. The number of carbonyl (C=O) groups excluding carboxylic acids is 1. The molecule has 0 saturated carbocycles. The van der Waals surface area contributed by atoms with Crippen molar-refractivity contribution in [2.45, 2.75) is 0 Å². The molecule has 6 heteroatoms. The zero-order valence-electron chi connectivity index (χ0n) is 11.1. The summed E-state index contributed by atoms with van der Waals surface area (Å²) in [5.41, 5.74) is 0.649. The summed E-state index contributed by atoms with van der Waals surface area (Å²) in [4.78, 5) is 13.4. The second-order valence-electron chi connectivity index (χ2n) is 3.93. The maximum Gasteiger partial charge on any atom is 0.265 e. The first-order chi connectivity index (χ1) is 10.1. The molecule has 21 heavy (non-hydrogen) atoms. The van der Waals surface area contributed by atoms with Crippen molar-refractivity contribution in [1.29, 1.82) is 0 Å². The van der Waals surface area contributed by atoms with Gasteiger partial charge < -0.3 is 15.2 Å². The van der Waals surface area contributed by atoms with Crippen molar-refractivity contribution in [3.8, 4) is 17.6 Å². The maximum absolute atomic E-state index is 12.1. The van der Waals surface area contributed by atoms with Crippen molar-refractivity contribution < 1.29 is 14.6 Å². The monoisotopic (exact) mass is 365 g/mol. The van der Waals surface area contributed by atoms with Gasteiger partial charge >= 0.3 is 0 Å². The first-order valence-corrected chi connectivity index (χ1v) is 7.59. The molecule has 1 heterocycles. The number of thiophene rings is 1. The highest BCUT2D eigenvalue weighted by Crippen LogP contribution is 2.28. The molecule has 108 valence electrons. The Hall–Kier alpha value is -1.81. The number of hydrogen-bond acceptors (Lipinski definition) is 4. The van der Waals surface area contributed by atoms with Crippen LogP contribution in [0.4, 0.5) is 5.69 Å². The largest absolute Gasteiger partial charge is 0.495 e. The van der Waals surface area contributed by atoms with Crippen LogP contribution in [0.1, 0.15) is 14.5 Å². The molecule has 2 aromatic rings. The van der Waals surface area contributed by atoms with E-state index in [-0.39, 0.29) is 12.5 Å². The number of anilines is 1. The van der Waals surface area contributed by atoms with Gasteiger partial charge in [-0.25, -0.2) is 0 Å². The number of halogens is 1. The molecule has 0 spiro atoms. The van der Waals surface area contributed by atoms with E-state index in [0.717, 1.165) is 9.35 Å². The van der Waals surface area contributed by atoms with E-state index in [2.05, 4.69) is 33.1 Å². The molecular weight excluding hydrogens is 354 g/mol. The third-order valence-electron chi connectivity index (χ3n) is 2.53.